The Morgan fingerprint density at radius 3 is 2.60 bits per heavy atom. The van der Waals surface area contributed by atoms with Gasteiger partial charge in [-0.3, -0.25) is 0 Å². The van der Waals surface area contributed by atoms with Crippen LogP contribution in [0, 0.1) is 5.92 Å². The Morgan fingerprint density at radius 2 is 2.13 bits per heavy atom. The van der Waals surface area contributed by atoms with E-state index in [0.29, 0.717) is 12.5 Å². The van der Waals surface area contributed by atoms with Gasteiger partial charge in [0.25, 0.3) is 0 Å². The van der Waals surface area contributed by atoms with Crippen LogP contribution in [0.15, 0.2) is 0 Å². The van der Waals surface area contributed by atoms with Crippen molar-refractivity contribution in [3.05, 3.63) is 0 Å². The summed E-state index contributed by atoms with van der Waals surface area (Å²) < 4.78 is 10.5. The van der Waals surface area contributed by atoms with Crippen molar-refractivity contribution in [1.29, 1.82) is 0 Å². The van der Waals surface area contributed by atoms with Crippen molar-refractivity contribution in [2.75, 3.05) is 6.61 Å². The molecule has 1 rings (SSSR count). The predicted octanol–water partition coefficient (Wildman–Crippen LogP) is 2.53. The summed E-state index contributed by atoms with van der Waals surface area (Å²) in [5.74, 6) is 0.409. The van der Waals surface area contributed by atoms with E-state index >= 15 is 0 Å². The fourth-order valence-corrected chi connectivity index (χ4v) is 1.98. The number of carbonyl (C=O) groups excluding carboxylic acids is 1. The van der Waals surface area contributed by atoms with Crippen molar-refractivity contribution in [1.82, 2.24) is 0 Å². The number of ether oxygens (including phenoxy) is 2. The predicted molar refractivity (Wildman–Crippen MR) is 58.6 cm³/mol. The molecule has 0 spiro atoms. The van der Waals surface area contributed by atoms with E-state index in [1.165, 1.54) is 0 Å². The fourth-order valence-electron chi connectivity index (χ4n) is 1.98. The van der Waals surface area contributed by atoms with Gasteiger partial charge in [0.1, 0.15) is 5.60 Å². The van der Waals surface area contributed by atoms with E-state index in [0.717, 1.165) is 19.3 Å². The van der Waals surface area contributed by atoms with Gasteiger partial charge in [0.05, 0.1) is 6.61 Å². The van der Waals surface area contributed by atoms with E-state index in [1.54, 1.807) is 0 Å². The van der Waals surface area contributed by atoms with E-state index in [2.05, 4.69) is 20.8 Å². The molecule has 1 fully saturated rings. The molecule has 3 atom stereocenters. The minimum Gasteiger partial charge on any atom is -0.464 e. The molecule has 3 unspecified atom stereocenters. The monoisotopic (exact) mass is 214 g/mol. The lowest BCUT2D eigenvalue weighted by Gasteiger charge is -2.14. The molecule has 0 aliphatic carbocycles. The van der Waals surface area contributed by atoms with Crippen LogP contribution < -0.4 is 0 Å². The van der Waals surface area contributed by atoms with Crippen LogP contribution in [0.3, 0.4) is 0 Å². The molecule has 0 aromatic rings. The normalized spacial score (nSPS) is 31.1. The molecule has 0 amide bonds. The molecule has 0 saturated carbocycles. The fraction of sp³-hybridized carbons (Fsp3) is 0.917. The maximum Gasteiger partial charge on any atom is 0.338 e. The number of epoxide rings is 1. The summed E-state index contributed by atoms with van der Waals surface area (Å²) in [6.07, 6.45) is 2.67. The first kappa shape index (κ1) is 12.5. The van der Waals surface area contributed by atoms with Gasteiger partial charge in [0.15, 0.2) is 6.10 Å². The van der Waals surface area contributed by atoms with E-state index < -0.39 is 0 Å². The van der Waals surface area contributed by atoms with Crippen LogP contribution in [0.25, 0.3) is 0 Å². The molecule has 1 saturated heterocycles. The van der Waals surface area contributed by atoms with Gasteiger partial charge in [-0.1, -0.05) is 27.2 Å². The Labute approximate surface area is 92.1 Å². The maximum absolute atomic E-state index is 11.5. The quantitative estimate of drug-likeness (QED) is 0.504. The number of carbonyl (C=O) groups is 1. The first-order valence-corrected chi connectivity index (χ1v) is 5.94. The molecule has 0 N–H and O–H groups in total. The van der Waals surface area contributed by atoms with Crippen molar-refractivity contribution in [3.63, 3.8) is 0 Å². The molecule has 3 nitrogen and oxygen atoms in total. The zero-order chi connectivity index (χ0) is 11.5. The second kappa shape index (κ2) is 4.97. The Bertz CT molecular complexity index is 227. The third kappa shape index (κ3) is 2.71. The van der Waals surface area contributed by atoms with Crippen LogP contribution in [0.1, 0.15) is 47.0 Å². The Morgan fingerprint density at radius 1 is 1.47 bits per heavy atom. The number of hydrogen-bond acceptors (Lipinski definition) is 3. The van der Waals surface area contributed by atoms with Gasteiger partial charge in [-0.15, -0.1) is 0 Å². The average molecular weight is 214 g/mol. The summed E-state index contributed by atoms with van der Waals surface area (Å²) in [7, 11) is 0. The minimum atomic E-state index is -0.309. The smallest absolute Gasteiger partial charge is 0.338 e. The van der Waals surface area contributed by atoms with Crippen LogP contribution in [-0.2, 0) is 14.3 Å². The number of hydrogen-bond donors (Lipinski definition) is 0. The Balaban J connectivity index is 2.49. The van der Waals surface area contributed by atoms with E-state index in [9.17, 15) is 4.79 Å². The summed E-state index contributed by atoms with van der Waals surface area (Å²) in [4.78, 5) is 11.5. The van der Waals surface area contributed by atoms with Gasteiger partial charge in [0, 0.05) is 0 Å². The Kier molecular flexibility index (Phi) is 4.14. The Hall–Kier alpha value is -0.570. The third-order valence-corrected chi connectivity index (χ3v) is 3.26. The summed E-state index contributed by atoms with van der Waals surface area (Å²) in [5.41, 5.74) is -0.221. The van der Waals surface area contributed by atoms with Gasteiger partial charge < -0.3 is 9.47 Å². The number of rotatable bonds is 6. The first-order chi connectivity index (χ1) is 7.09. The zero-order valence-electron chi connectivity index (χ0n) is 10.2. The van der Waals surface area contributed by atoms with Crippen LogP contribution >= 0.6 is 0 Å². The first-order valence-electron chi connectivity index (χ1n) is 5.94. The zero-order valence-corrected chi connectivity index (χ0v) is 10.2. The van der Waals surface area contributed by atoms with Gasteiger partial charge in [-0.25, -0.2) is 4.79 Å². The van der Waals surface area contributed by atoms with Crippen LogP contribution in [0.4, 0.5) is 0 Å². The second-order valence-electron chi connectivity index (χ2n) is 4.39. The van der Waals surface area contributed by atoms with Crippen molar-refractivity contribution in [2.24, 2.45) is 5.92 Å². The molecule has 1 aliphatic heterocycles. The molecule has 1 aliphatic rings. The van der Waals surface area contributed by atoms with Crippen LogP contribution in [-0.4, -0.2) is 24.3 Å². The highest BCUT2D eigenvalue weighted by atomic mass is 16.7. The van der Waals surface area contributed by atoms with Gasteiger partial charge in [-0.2, -0.15) is 0 Å². The van der Waals surface area contributed by atoms with Crippen molar-refractivity contribution < 1.29 is 14.3 Å². The van der Waals surface area contributed by atoms with Crippen molar-refractivity contribution in [2.45, 2.75) is 58.7 Å². The minimum absolute atomic E-state index is 0.192. The molecule has 88 valence electrons. The molecule has 0 radical (unpaired) electrons. The second-order valence-corrected chi connectivity index (χ2v) is 4.39. The van der Waals surface area contributed by atoms with E-state index in [-0.39, 0.29) is 17.7 Å². The highest BCUT2D eigenvalue weighted by Crippen LogP contribution is 2.45. The SMILES string of the molecule is CCOC(=O)C1OC1(CC)CC(C)CC. The van der Waals surface area contributed by atoms with E-state index in [4.69, 9.17) is 9.47 Å². The lowest BCUT2D eigenvalue weighted by atomic mass is 9.89. The van der Waals surface area contributed by atoms with Gasteiger partial charge >= 0.3 is 5.97 Å². The summed E-state index contributed by atoms with van der Waals surface area (Å²) >= 11 is 0. The topological polar surface area (TPSA) is 38.8 Å². The van der Waals surface area contributed by atoms with Gasteiger partial charge in [0.2, 0.25) is 0 Å². The standard InChI is InChI=1S/C12H22O3/c1-5-9(4)8-12(6-2)10(15-12)11(13)14-7-3/h9-10H,5-8H2,1-4H3. The van der Waals surface area contributed by atoms with E-state index in [1.807, 2.05) is 6.92 Å². The molecule has 0 aromatic heterocycles. The van der Waals surface area contributed by atoms with Crippen LogP contribution in [0.5, 0.6) is 0 Å². The lowest BCUT2D eigenvalue weighted by Crippen LogP contribution is -2.24. The molecule has 15 heavy (non-hydrogen) atoms. The highest BCUT2D eigenvalue weighted by Gasteiger charge is 2.60. The summed E-state index contributed by atoms with van der Waals surface area (Å²) in [6, 6.07) is 0. The average Bonchev–Trinajstić information content (AvgIpc) is 2.93. The molecule has 1 heterocycles. The van der Waals surface area contributed by atoms with Crippen molar-refractivity contribution in [3.8, 4) is 0 Å². The molecule has 0 aromatic carbocycles. The molecular weight excluding hydrogens is 192 g/mol. The lowest BCUT2D eigenvalue weighted by molar-refractivity contribution is -0.144. The molecule has 0 bridgehead atoms. The molecular formula is C12H22O3. The maximum atomic E-state index is 11.5. The van der Waals surface area contributed by atoms with Crippen LogP contribution in [0.2, 0.25) is 0 Å². The molecule has 3 heteroatoms. The summed E-state index contributed by atoms with van der Waals surface area (Å²) in [5, 5.41) is 0. The highest BCUT2D eigenvalue weighted by molar-refractivity contribution is 5.79. The third-order valence-electron chi connectivity index (χ3n) is 3.26. The van der Waals surface area contributed by atoms with Crippen molar-refractivity contribution >= 4 is 5.97 Å². The number of esters is 1. The summed E-state index contributed by atoms with van der Waals surface area (Å²) in [6.45, 7) is 8.68. The largest absolute Gasteiger partial charge is 0.464 e. The van der Waals surface area contributed by atoms with Gasteiger partial charge in [-0.05, 0) is 25.7 Å².